The zero-order chi connectivity index (χ0) is 18.9. The Morgan fingerprint density at radius 3 is 2.64 bits per heavy atom. The predicted octanol–water partition coefficient (Wildman–Crippen LogP) is 3.63. The molecule has 0 saturated carbocycles. The summed E-state index contributed by atoms with van der Waals surface area (Å²) in [6, 6.07) is 18.2. The van der Waals surface area contributed by atoms with Gasteiger partial charge < -0.3 is 10.7 Å². The maximum Gasteiger partial charge on any atom is 0.171 e. The van der Waals surface area contributed by atoms with Crippen LogP contribution in [0.5, 0.6) is 0 Å². The Labute approximate surface area is 165 Å². The third kappa shape index (κ3) is 3.07. The second kappa shape index (κ2) is 6.97. The van der Waals surface area contributed by atoms with Crippen molar-refractivity contribution in [1.82, 2.24) is 29.5 Å². The molecule has 3 N–H and O–H groups in total. The molecular formula is C20H17N7S. The highest BCUT2D eigenvalue weighted by atomic mass is 32.2. The van der Waals surface area contributed by atoms with E-state index in [0.29, 0.717) is 23.6 Å². The summed E-state index contributed by atoms with van der Waals surface area (Å²) in [7, 11) is 0. The SMILES string of the molecule is Nc1ncnc2c1nc(SCc1nc3ccccc3[nH]1)n2Cc1ccccc1. The number of fused-ring (bicyclic) bond motifs is 2. The second-order valence-electron chi connectivity index (χ2n) is 6.39. The molecule has 138 valence electrons. The van der Waals surface area contributed by atoms with Crippen LogP contribution in [0, 0.1) is 0 Å². The van der Waals surface area contributed by atoms with Crippen molar-refractivity contribution in [1.29, 1.82) is 0 Å². The summed E-state index contributed by atoms with van der Waals surface area (Å²) >= 11 is 1.60. The molecular weight excluding hydrogens is 370 g/mol. The van der Waals surface area contributed by atoms with Gasteiger partial charge in [-0.2, -0.15) is 0 Å². The Kier molecular flexibility index (Phi) is 4.17. The first-order chi connectivity index (χ1) is 13.8. The molecule has 5 rings (SSSR count). The summed E-state index contributed by atoms with van der Waals surface area (Å²) in [5.74, 6) is 1.96. The number of H-pyrrole nitrogens is 1. The van der Waals surface area contributed by atoms with Crippen LogP contribution in [0.25, 0.3) is 22.2 Å². The molecule has 0 radical (unpaired) electrons. The van der Waals surface area contributed by atoms with Gasteiger partial charge in [-0.25, -0.2) is 19.9 Å². The molecule has 0 aliphatic rings. The van der Waals surface area contributed by atoms with Crippen LogP contribution in [0.3, 0.4) is 0 Å². The Morgan fingerprint density at radius 1 is 0.964 bits per heavy atom. The Bertz CT molecular complexity index is 1230. The van der Waals surface area contributed by atoms with E-state index < -0.39 is 0 Å². The fourth-order valence-corrected chi connectivity index (χ4v) is 4.02. The van der Waals surface area contributed by atoms with Gasteiger partial charge >= 0.3 is 0 Å². The fourth-order valence-electron chi connectivity index (χ4n) is 3.16. The van der Waals surface area contributed by atoms with Crippen LogP contribution in [0.4, 0.5) is 5.82 Å². The quantitative estimate of drug-likeness (QED) is 0.447. The molecule has 3 aromatic heterocycles. The number of thioether (sulfide) groups is 1. The number of aromatic nitrogens is 6. The van der Waals surface area contributed by atoms with Gasteiger partial charge in [0.25, 0.3) is 0 Å². The third-order valence-corrected chi connectivity index (χ3v) is 5.47. The zero-order valence-electron chi connectivity index (χ0n) is 14.9. The van der Waals surface area contributed by atoms with Crippen LogP contribution in [0.1, 0.15) is 11.4 Å². The van der Waals surface area contributed by atoms with Crippen molar-refractivity contribution in [3.8, 4) is 0 Å². The van der Waals surface area contributed by atoms with Gasteiger partial charge in [0.05, 0.1) is 23.3 Å². The largest absolute Gasteiger partial charge is 0.382 e. The lowest BCUT2D eigenvalue weighted by molar-refractivity contribution is 0.723. The van der Waals surface area contributed by atoms with E-state index in [1.165, 1.54) is 11.9 Å². The van der Waals surface area contributed by atoms with Gasteiger partial charge in [-0.1, -0.05) is 54.2 Å². The van der Waals surface area contributed by atoms with E-state index in [-0.39, 0.29) is 0 Å². The molecule has 0 unspecified atom stereocenters. The summed E-state index contributed by atoms with van der Waals surface area (Å²) in [5, 5.41) is 0.839. The highest BCUT2D eigenvalue weighted by Crippen LogP contribution is 2.28. The number of anilines is 1. The van der Waals surface area contributed by atoms with Crippen LogP contribution in [0.15, 0.2) is 66.1 Å². The average molecular weight is 387 g/mol. The van der Waals surface area contributed by atoms with Crippen molar-refractivity contribution in [3.05, 3.63) is 72.3 Å². The van der Waals surface area contributed by atoms with Crippen molar-refractivity contribution in [2.45, 2.75) is 17.5 Å². The van der Waals surface area contributed by atoms with Crippen molar-refractivity contribution >= 4 is 39.8 Å². The number of aromatic amines is 1. The van der Waals surface area contributed by atoms with Crippen LogP contribution in [-0.2, 0) is 12.3 Å². The molecule has 0 fully saturated rings. The summed E-state index contributed by atoms with van der Waals surface area (Å²) in [4.78, 5) is 21.2. The number of para-hydroxylation sites is 2. The van der Waals surface area contributed by atoms with Crippen LogP contribution < -0.4 is 5.73 Å². The third-order valence-electron chi connectivity index (χ3n) is 4.49. The predicted molar refractivity (Wildman–Crippen MR) is 111 cm³/mol. The molecule has 0 saturated heterocycles. The summed E-state index contributed by atoms with van der Waals surface area (Å²) in [5.41, 5.74) is 10.6. The van der Waals surface area contributed by atoms with Gasteiger partial charge in [0.2, 0.25) is 0 Å². The van der Waals surface area contributed by atoms with Gasteiger partial charge in [-0.15, -0.1) is 0 Å². The van der Waals surface area contributed by atoms with E-state index in [9.17, 15) is 0 Å². The smallest absolute Gasteiger partial charge is 0.171 e. The van der Waals surface area contributed by atoms with Gasteiger partial charge in [0.1, 0.15) is 12.2 Å². The topological polar surface area (TPSA) is 98.3 Å². The second-order valence-corrected chi connectivity index (χ2v) is 7.33. The molecule has 0 aliphatic carbocycles. The summed E-state index contributed by atoms with van der Waals surface area (Å²) < 4.78 is 2.08. The van der Waals surface area contributed by atoms with Crippen molar-refractivity contribution in [2.24, 2.45) is 0 Å². The number of nitrogens with zero attached hydrogens (tertiary/aromatic N) is 5. The summed E-state index contributed by atoms with van der Waals surface area (Å²) in [6.07, 6.45) is 1.48. The first-order valence-corrected chi connectivity index (χ1v) is 9.83. The number of nitrogen functional groups attached to an aromatic ring is 1. The number of imidazole rings is 2. The van der Waals surface area contributed by atoms with Gasteiger partial charge in [0.15, 0.2) is 22.1 Å². The molecule has 0 amide bonds. The minimum Gasteiger partial charge on any atom is -0.382 e. The average Bonchev–Trinajstić information content (AvgIpc) is 3.29. The van der Waals surface area contributed by atoms with E-state index in [4.69, 9.17) is 10.7 Å². The zero-order valence-corrected chi connectivity index (χ0v) is 15.7. The minimum atomic E-state index is 0.391. The Balaban J connectivity index is 1.50. The molecule has 8 heteroatoms. The number of nitrogens with two attached hydrogens (primary N) is 1. The number of benzene rings is 2. The Hall–Kier alpha value is -3.39. The van der Waals surface area contributed by atoms with Crippen molar-refractivity contribution in [3.63, 3.8) is 0 Å². The van der Waals surface area contributed by atoms with E-state index in [2.05, 4.69) is 36.6 Å². The molecule has 0 bridgehead atoms. The maximum atomic E-state index is 6.04. The number of rotatable bonds is 5. The van der Waals surface area contributed by atoms with Crippen molar-refractivity contribution < 1.29 is 0 Å². The molecule has 0 spiro atoms. The van der Waals surface area contributed by atoms with Crippen molar-refractivity contribution in [2.75, 3.05) is 5.73 Å². The molecule has 5 aromatic rings. The Morgan fingerprint density at radius 2 is 1.79 bits per heavy atom. The fraction of sp³-hybridized carbons (Fsp3) is 0.100. The van der Waals surface area contributed by atoms with Gasteiger partial charge in [0, 0.05) is 0 Å². The number of hydrogen-bond acceptors (Lipinski definition) is 6. The van der Waals surface area contributed by atoms with Crippen LogP contribution in [-0.4, -0.2) is 29.5 Å². The van der Waals surface area contributed by atoms with E-state index in [0.717, 1.165) is 27.7 Å². The highest BCUT2D eigenvalue weighted by Gasteiger charge is 2.16. The highest BCUT2D eigenvalue weighted by molar-refractivity contribution is 7.98. The minimum absolute atomic E-state index is 0.391. The molecule has 3 heterocycles. The normalized spacial score (nSPS) is 11.4. The molecule has 0 aliphatic heterocycles. The lowest BCUT2D eigenvalue weighted by atomic mass is 10.2. The van der Waals surface area contributed by atoms with Gasteiger partial charge in [-0.05, 0) is 17.7 Å². The molecule has 7 nitrogen and oxygen atoms in total. The van der Waals surface area contributed by atoms with E-state index in [1.807, 2.05) is 42.5 Å². The van der Waals surface area contributed by atoms with Gasteiger partial charge in [-0.3, -0.25) is 4.57 Å². The number of hydrogen-bond donors (Lipinski definition) is 2. The molecule has 28 heavy (non-hydrogen) atoms. The molecule has 0 atom stereocenters. The number of nitrogens with one attached hydrogen (secondary N) is 1. The monoisotopic (exact) mass is 387 g/mol. The van der Waals surface area contributed by atoms with E-state index >= 15 is 0 Å². The van der Waals surface area contributed by atoms with E-state index in [1.54, 1.807) is 11.8 Å². The standard InChI is InChI=1S/C20H17N7S/c21-18-17-19(23-12-22-18)27(10-13-6-2-1-3-7-13)20(26-17)28-11-16-24-14-8-4-5-9-15(14)25-16/h1-9,12H,10-11H2,(H,24,25)(H2,21,22,23). The first kappa shape index (κ1) is 16.8. The lowest BCUT2D eigenvalue weighted by Crippen LogP contribution is -2.03. The summed E-state index contributed by atoms with van der Waals surface area (Å²) in [6.45, 7) is 0.663. The maximum absolute atomic E-state index is 6.04. The lowest BCUT2D eigenvalue weighted by Gasteiger charge is -2.08. The first-order valence-electron chi connectivity index (χ1n) is 8.85. The van der Waals surface area contributed by atoms with Crippen LogP contribution >= 0.6 is 11.8 Å². The molecule has 2 aromatic carbocycles. The van der Waals surface area contributed by atoms with Crippen LogP contribution in [0.2, 0.25) is 0 Å².